The highest BCUT2D eigenvalue weighted by atomic mass is 35.5. The van der Waals surface area contributed by atoms with Crippen LogP contribution >= 0.6 is 23.2 Å². The number of rotatable bonds is 4. The van der Waals surface area contributed by atoms with E-state index in [1.165, 1.54) is 13.0 Å². The molecule has 0 fully saturated rings. The SMILES string of the molecule is CC(=O)c1cc(Cl)ccc1OCc1cc(=O)oc2cc(C)c(Cl)cc12. The van der Waals surface area contributed by atoms with Gasteiger partial charge in [-0.3, -0.25) is 4.79 Å². The number of aryl methyl sites for hydroxylation is 1. The number of benzene rings is 2. The predicted molar refractivity (Wildman–Crippen MR) is 98.0 cm³/mol. The molecule has 128 valence electrons. The number of ketones is 1. The molecule has 3 rings (SSSR count). The minimum absolute atomic E-state index is 0.0867. The quantitative estimate of drug-likeness (QED) is 0.464. The van der Waals surface area contributed by atoms with Crippen LogP contribution in [0.1, 0.15) is 28.4 Å². The van der Waals surface area contributed by atoms with Gasteiger partial charge in [0.2, 0.25) is 0 Å². The number of halogens is 2. The summed E-state index contributed by atoms with van der Waals surface area (Å²) in [6.07, 6.45) is 0. The Bertz CT molecular complexity index is 1040. The van der Waals surface area contributed by atoms with E-state index in [-0.39, 0.29) is 12.4 Å². The molecule has 4 nitrogen and oxygen atoms in total. The molecule has 0 spiro atoms. The second-order valence-electron chi connectivity index (χ2n) is 5.67. The summed E-state index contributed by atoms with van der Waals surface area (Å²) in [6.45, 7) is 3.36. The number of hydrogen-bond donors (Lipinski definition) is 0. The van der Waals surface area contributed by atoms with E-state index in [4.69, 9.17) is 32.4 Å². The Balaban J connectivity index is 2.01. The van der Waals surface area contributed by atoms with Crippen molar-refractivity contribution in [2.45, 2.75) is 20.5 Å². The van der Waals surface area contributed by atoms with Gasteiger partial charge in [0.05, 0.1) is 5.56 Å². The highest BCUT2D eigenvalue weighted by molar-refractivity contribution is 6.32. The first-order valence-electron chi connectivity index (χ1n) is 7.51. The molecule has 0 N–H and O–H groups in total. The molecule has 0 amide bonds. The molecule has 0 saturated carbocycles. The van der Waals surface area contributed by atoms with Gasteiger partial charge < -0.3 is 9.15 Å². The Morgan fingerprint density at radius 3 is 2.64 bits per heavy atom. The van der Waals surface area contributed by atoms with Crippen molar-refractivity contribution >= 4 is 40.0 Å². The third kappa shape index (κ3) is 3.70. The zero-order valence-electron chi connectivity index (χ0n) is 13.6. The van der Waals surface area contributed by atoms with E-state index in [1.54, 1.807) is 30.3 Å². The number of Topliss-reactive ketones (excluding diaryl/α,β-unsaturated/α-hetero) is 1. The van der Waals surface area contributed by atoms with E-state index in [0.717, 1.165) is 5.56 Å². The van der Waals surface area contributed by atoms with Gasteiger partial charge in [-0.25, -0.2) is 4.79 Å². The van der Waals surface area contributed by atoms with Crippen LogP contribution in [-0.4, -0.2) is 5.78 Å². The van der Waals surface area contributed by atoms with Gasteiger partial charge in [0.1, 0.15) is 17.9 Å². The number of hydrogen-bond acceptors (Lipinski definition) is 4. The van der Waals surface area contributed by atoms with E-state index in [1.807, 2.05) is 6.92 Å². The first-order valence-corrected chi connectivity index (χ1v) is 8.27. The number of carbonyl (C=O) groups excluding carboxylic acids is 1. The monoisotopic (exact) mass is 376 g/mol. The summed E-state index contributed by atoms with van der Waals surface area (Å²) >= 11 is 12.1. The molecule has 3 aromatic rings. The molecule has 25 heavy (non-hydrogen) atoms. The van der Waals surface area contributed by atoms with Crippen LogP contribution in [0.4, 0.5) is 0 Å². The van der Waals surface area contributed by atoms with Crippen LogP contribution < -0.4 is 10.4 Å². The van der Waals surface area contributed by atoms with Crippen LogP contribution in [0.3, 0.4) is 0 Å². The van der Waals surface area contributed by atoms with Gasteiger partial charge in [0.25, 0.3) is 0 Å². The third-order valence-electron chi connectivity index (χ3n) is 3.81. The van der Waals surface area contributed by atoms with Crippen LogP contribution in [0.25, 0.3) is 11.0 Å². The molecular weight excluding hydrogens is 363 g/mol. The number of carbonyl (C=O) groups is 1. The topological polar surface area (TPSA) is 56.5 Å². The van der Waals surface area contributed by atoms with Gasteiger partial charge in [-0.2, -0.15) is 0 Å². The molecule has 0 aliphatic carbocycles. The number of fused-ring (bicyclic) bond motifs is 1. The Labute approximate surface area is 153 Å². The maximum atomic E-state index is 11.8. The van der Waals surface area contributed by atoms with E-state index in [2.05, 4.69) is 0 Å². The molecule has 0 aliphatic heterocycles. The van der Waals surface area contributed by atoms with Gasteiger partial charge in [0, 0.05) is 27.1 Å². The van der Waals surface area contributed by atoms with Crippen molar-refractivity contribution in [3.05, 3.63) is 73.6 Å². The van der Waals surface area contributed by atoms with Crippen molar-refractivity contribution in [1.29, 1.82) is 0 Å². The van der Waals surface area contributed by atoms with Crippen LogP contribution in [0.15, 0.2) is 45.6 Å². The van der Waals surface area contributed by atoms with Crippen LogP contribution in [0.2, 0.25) is 10.0 Å². The van der Waals surface area contributed by atoms with Gasteiger partial charge in [-0.05, 0) is 49.7 Å². The van der Waals surface area contributed by atoms with E-state index < -0.39 is 5.63 Å². The summed E-state index contributed by atoms with van der Waals surface area (Å²) in [4.78, 5) is 23.6. The summed E-state index contributed by atoms with van der Waals surface area (Å²) in [5.74, 6) is 0.241. The van der Waals surface area contributed by atoms with E-state index >= 15 is 0 Å². The van der Waals surface area contributed by atoms with E-state index in [9.17, 15) is 9.59 Å². The molecule has 6 heteroatoms. The highest BCUT2D eigenvalue weighted by Gasteiger charge is 2.12. The second kappa shape index (κ2) is 6.90. The lowest BCUT2D eigenvalue weighted by molar-refractivity contribution is 0.101. The lowest BCUT2D eigenvalue weighted by Crippen LogP contribution is -2.06. The van der Waals surface area contributed by atoms with Crippen molar-refractivity contribution in [2.24, 2.45) is 0 Å². The minimum atomic E-state index is -0.476. The predicted octanol–water partition coefficient (Wildman–Crippen LogP) is 5.19. The van der Waals surface area contributed by atoms with Gasteiger partial charge in [-0.15, -0.1) is 0 Å². The normalized spacial score (nSPS) is 10.9. The van der Waals surface area contributed by atoms with Crippen molar-refractivity contribution in [3.63, 3.8) is 0 Å². The van der Waals surface area contributed by atoms with Crippen molar-refractivity contribution < 1.29 is 13.9 Å². The molecule has 2 aromatic carbocycles. The fourth-order valence-corrected chi connectivity index (χ4v) is 2.86. The zero-order chi connectivity index (χ0) is 18.1. The van der Waals surface area contributed by atoms with Crippen molar-refractivity contribution in [3.8, 4) is 5.75 Å². The van der Waals surface area contributed by atoms with Crippen LogP contribution in [0.5, 0.6) is 5.75 Å². The zero-order valence-corrected chi connectivity index (χ0v) is 15.1. The summed E-state index contributed by atoms with van der Waals surface area (Å²) in [5.41, 5.74) is 1.78. The summed E-state index contributed by atoms with van der Waals surface area (Å²) in [5, 5.41) is 1.71. The highest BCUT2D eigenvalue weighted by Crippen LogP contribution is 2.28. The average Bonchev–Trinajstić information content (AvgIpc) is 2.55. The fraction of sp³-hybridized carbons (Fsp3) is 0.158. The molecule has 0 unspecified atom stereocenters. The summed E-state index contributed by atoms with van der Waals surface area (Å²) in [7, 11) is 0. The molecular formula is C19H14Cl2O4. The second-order valence-corrected chi connectivity index (χ2v) is 6.52. The average molecular weight is 377 g/mol. The standard InChI is InChI=1S/C19H14Cl2O4/c1-10-5-18-15(8-16(10)21)12(6-19(23)25-18)9-24-17-4-3-13(20)7-14(17)11(2)22/h3-8H,9H2,1-2H3. The Kier molecular flexibility index (Phi) is 4.84. The van der Waals surface area contributed by atoms with Crippen LogP contribution in [-0.2, 0) is 6.61 Å². The Hall–Kier alpha value is -2.30. The first kappa shape index (κ1) is 17.5. The minimum Gasteiger partial charge on any atom is -0.488 e. The molecule has 0 radical (unpaired) electrons. The summed E-state index contributed by atoms with van der Waals surface area (Å²) < 4.78 is 11.0. The molecule has 0 bridgehead atoms. The maximum Gasteiger partial charge on any atom is 0.336 e. The van der Waals surface area contributed by atoms with Crippen molar-refractivity contribution in [2.75, 3.05) is 0 Å². The van der Waals surface area contributed by atoms with Crippen LogP contribution in [0, 0.1) is 6.92 Å². The van der Waals surface area contributed by atoms with Gasteiger partial charge in [-0.1, -0.05) is 23.2 Å². The van der Waals surface area contributed by atoms with Gasteiger partial charge >= 0.3 is 5.63 Å². The largest absolute Gasteiger partial charge is 0.488 e. The maximum absolute atomic E-state index is 11.8. The molecule has 1 aromatic heterocycles. The molecule has 0 saturated heterocycles. The summed E-state index contributed by atoms with van der Waals surface area (Å²) in [6, 6.07) is 9.63. The molecule has 0 aliphatic rings. The fourth-order valence-electron chi connectivity index (χ4n) is 2.53. The third-order valence-corrected chi connectivity index (χ3v) is 4.46. The smallest absolute Gasteiger partial charge is 0.336 e. The van der Waals surface area contributed by atoms with Gasteiger partial charge in [0.15, 0.2) is 5.78 Å². The lowest BCUT2D eigenvalue weighted by atomic mass is 10.1. The Morgan fingerprint density at radius 1 is 1.16 bits per heavy atom. The lowest BCUT2D eigenvalue weighted by Gasteiger charge is -2.12. The molecule has 1 heterocycles. The Morgan fingerprint density at radius 2 is 1.92 bits per heavy atom. The first-order chi connectivity index (χ1) is 11.8. The number of ether oxygens (including phenoxy) is 1. The molecule has 0 atom stereocenters. The van der Waals surface area contributed by atoms with E-state index in [0.29, 0.717) is 37.9 Å². The van der Waals surface area contributed by atoms with Crippen molar-refractivity contribution in [1.82, 2.24) is 0 Å².